The van der Waals surface area contributed by atoms with Gasteiger partial charge in [-0.3, -0.25) is 4.79 Å². The molecule has 1 amide bonds. The van der Waals surface area contributed by atoms with E-state index < -0.39 is 24.1 Å². The van der Waals surface area contributed by atoms with Gasteiger partial charge < -0.3 is 19.9 Å². The summed E-state index contributed by atoms with van der Waals surface area (Å²) in [5, 5.41) is 11.1. The molecule has 0 spiro atoms. The van der Waals surface area contributed by atoms with E-state index in [9.17, 15) is 14.4 Å². The minimum Gasteiger partial charge on any atom is -0.481 e. The van der Waals surface area contributed by atoms with Crippen LogP contribution in [0, 0.1) is 0 Å². The molecule has 1 unspecified atom stereocenters. The van der Waals surface area contributed by atoms with Crippen LogP contribution in [0.2, 0.25) is 0 Å². The molecular formula is C16H21NO6. The molecule has 0 aliphatic heterocycles. The molecule has 0 aromatic heterocycles. The fraction of sp³-hybridized carbons (Fsp3) is 0.438. The standard InChI is InChI=1S/C16H21NO6/c1-11(2)23-15(20)13(8-9-14(18)19)17-16(21)22-10-12-6-4-3-5-7-12/h3-7,11,13H,8-10H2,1-2H3,(H,17,21)(H,18,19). The number of amides is 1. The van der Waals surface area contributed by atoms with E-state index in [4.69, 9.17) is 14.6 Å². The second-order valence-corrected chi connectivity index (χ2v) is 5.18. The maximum atomic E-state index is 11.9. The average Bonchev–Trinajstić information content (AvgIpc) is 2.49. The van der Waals surface area contributed by atoms with Gasteiger partial charge in [0.15, 0.2) is 0 Å². The van der Waals surface area contributed by atoms with E-state index in [1.165, 1.54) is 0 Å². The molecule has 7 nitrogen and oxygen atoms in total. The van der Waals surface area contributed by atoms with Crippen LogP contribution in [0.5, 0.6) is 0 Å². The van der Waals surface area contributed by atoms with Crippen molar-refractivity contribution in [2.75, 3.05) is 0 Å². The van der Waals surface area contributed by atoms with Crippen molar-refractivity contribution in [1.82, 2.24) is 5.32 Å². The molecule has 0 fully saturated rings. The number of esters is 1. The monoisotopic (exact) mass is 323 g/mol. The first-order chi connectivity index (χ1) is 10.9. The smallest absolute Gasteiger partial charge is 0.408 e. The Bertz CT molecular complexity index is 529. The molecule has 0 aliphatic rings. The maximum Gasteiger partial charge on any atom is 0.408 e. The lowest BCUT2D eigenvalue weighted by Crippen LogP contribution is -2.43. The van der Waals surface area contributed by atoms with E-state index in [0.717, 1.165) is 5.56 Å². The van der Waals surface area contributed by atoms with Gasteiger partial charge in [0.1, 0.15) is 12.6 Å². The van der Waals surface area contributed by atoms with Crippen LogP contribution >= 0.6 is 0 Å². The molecule has 0 aliphatic carbocycles. The Balaban J connectivity index is 2.54. The number of benzene rings is 1. The predicted molar refractivity (Wildman–Crippen MR) is 81.6 cm³/mol. The number of hydrogen-bond donors (Lipinski definition) is 2. The van der Waals surface area contributed by atoms with Crippen LogP contribution < -0.4 is 5.32 Å². The largest absolute Gasteiger partial charge is 0.481 e. The second kappa shape index (κ2) is 9.45. The summed E-state index contributed by atoms with van der Waals surface area (Å²) in [7, 11) is 0. The summed E-state index contributed by atoms with van der Waals surface area (Å²) in [6.07, 6.45) is -1.50. The maximum absolute atomic E-state index is 11.9. The lowest BCUT2D eigenvalue weighted by Gasteiger charge is -2.18. The zero-order valence-corrected chi connectivity index (χ0v) is 13.2. The Hall–Kier alpha value is -2.57. The molecule has 7 heteroatoms. The highest BCUT2D eigenvalue weighted by atomic mass is 16.6. The van der Waals surface area contributed by atoms with E-state index >= 15 is 0 Å². The summed E-state index contributed by atoms with van der Waals surface area (Å²) < 4.78 is 10.0. The van der Waals surface area contributed by atoms with Crippen LogP contribution in [0.3, 0.4) is 0 Å². The molecule has 0 saturated heterocycles. The first-order valence-electron chi connectivity index (χ1n) is 7.28. The summed E-state index contributed by atoms with van der Waals surface area (Å²) in [5.74, 6) is -1.75. The highest BCUT2D eigenvalue weighted by Gasteiger charge is 2.24. The van der Waals surface area contributed by atoms with Gasteiger partial charge in [-0.25, -0.2) is 9.59 Å². The van der Waals surface area contributed by atoms with E-state index in [-0.39, 0.29) is 25.6 Å². The summed E-state index contributed by atoms with van der Waals surface area (Å²) in [4.78, 5) is 34.3. The third-order valence-electron chi connectivity index (χ3n) is 2.79. The van der Waals surface area contributed by atoms with Gasteiger partial charge in [0.2, 0.25) is 0 Å². The summed E-state index contributed by atoms with van der Waals surface area (Å²) in [5.41, 5.74) is 0.800. The highest BCUT2D eigenvalue weighted by molar-refractivity contribution is 5.82. The van der Waals surface area contributed by atoms with Gasteiger partial charge in [0, 0.05) is 6.42 Å². The van der Waals surface area contributed by atoms with Crippen LogP contribution in [0.25, 0.3) is 0 Å². The Morgan fingerprint density at radius 1 is 1.17 bits per heavy atom. The third-order valence-corrected chi connectivity index (χ3v) is 2.79. The van der Waals surface area contributed by atoms with Crippen LogP contribution in [-0.4, -0.2) is 35.3 Å². The molecular weight excluding hydrogens is 302 g/mol. The van der Waals surface area contributed by atoms with Crippen molar-refractivity contribution < 1.29 is 29.0 Å². The van der Waals surface area contributed by atoms with Gasteiger partial charge in [-0.05, 0) is 25.8 Å². The van der Waals surface area contributed by atoms with E-state index in [2.05, 4.69) is 5.32 Å². The van der Waals surface area contributed by atoms with Crippen LogP contribution in [0.1, 0.15) is 32.3 Å². The van der Waals surface area contributed by atoms with E-state index in [0.29, 0.717) is 0 Å². The van der Waals surface area contributed by atoms with Crippen molar-refractivity contribution >= 4 is 18.0 Å². The Morgan fingerprint density at radius 2 is 1.83 bits per heavy atom. The quantitative estimate of drug-likeness (QED) is 0.710. The highest BCUT2D eigenvalue weighted by Crippen LogP contribution is 2.05. The number of carboxylic acids is 1. The van der Waals surface area contributed by atoms with Crippen LogP contribution in [0.4, 0.5) is 4.79 Å². The topological polar surface area (TPSA) is 102 Å². The van der Waals surface area contributed by atoms with Gasteiger partial charge in [0.25, 0.3) is 0 Å². The number of aliphatic carboxylic acids is 1. The fourth-order valence-electron chi connectivity index (χ4n) is 1.74. The first-order valence-corrected chi connectivity index (χ1v) is 7.28. The van der Waals surface area contributed by atoms with Crippen molar-refractivity contribution in [2.45, 2.75) is 45.4 Å². The van der Waals surface area contributed by atoms with Gasteiger partial charge in [-0.1, -0.05) is 30.3 Å². The number of alkyl carbamates (subject to hydrolysis) is 1. The summed E-state index contributed by atoms with van der Waals surface area (Å²) in [6, 6.07) is 7.99. The number of carboxylic acid groups (broad SMARTS) is 1. The Morgan fingerprint density at radius 3 is 2.39 bits per heavy atom. The van der Waals surface area contributed by atoms with Crippen molar-refractivity contribution in [2.24, 2.45) is 0 Å². The zero-order valence-electron chi connectivity index (χ0n) is 13.2. The molecule has 23 heavy (non-hydrogen) atoms. The molecule has 2 N–H and O–H groups in total. The molecule has 126 valence electrons. The molecule has 1 rings (SSSR count). The van der Waals surface area contributed by atoms with Crippen LogP contribution in [-0.2, 0) is 25.7 Å². The number of carbonyl (C=O) groups excluding carboxylic acids is 2. The molecule has 0 heterocycles. The molecule has 0 radical (unpaired) electrons. The van der Waals surface area contributed by atoms with Crippen molar-refractivity contribution in [3.05, 3.63) is 35.9 Å². The summed E-state index contributed by atoms with van der Waals surface area (Å²) in [6.45, 7) is 3.39. The minimum atomic E-state index is -1.06. The Labute approximate surface area is 134 Å². The molecule has 0 saturated carbocycles. The molecule has 1 atom stereocenters. The van der Waals surface area contributed by atoms with Gasteiger partial charge in [-0.2, -0.15) is 0 Å². The third kappa shape index (κ3) is 7.85. The normalized spacial score (nSPS) is 11.6. The van der Waals surface area contributed by atoms with Crippen LogP contribution in [0.15, 0.2) is 30.3 Å². The number of hydrogen-bond acceptors (Lipinski definition) is 5. The number of rotatable bonds is 8. The fourth-order valence-corrected chi connectivity index (χ4v) is 1.74. The SMILES string of the molecule is CC(C)OC(=O)C(CCC(=O)O)NC(=O)OCc1ccccc1. The Kier molecular flexibility index (Phi) is 7.59. The number of carbonyl (C=O) groups is 3. The van der Waals surface area contributed by atoms with E-state index in [1.807, 2.05) is 18.2 Å². The van der Waals surface area contributed by atoms with Crippen molar-refractivity contribution in [3.8, 4) is 0 Å². The summed E-state index contributed by atoms with van der Waals surface area (Å²) >= 11 is 0. The minimum absolute atomic E-state index is 0.0531. The molecule has 0 bridgehead atoms. The lowest BCUT2D eigenvalue weighted by molar-refractivity contribution is -0.150. The second-order valence-electron chi connectivity index (χ2n) is 5.18. The van der Waals surface area contributed by atoms with Gasteiger partial charge in [-0.15, -0.1) is 0 Å². The van der Waals surface area contributed by atoms with Crippen molar-refractivity contribution in [3.63, 3.8) is 0 Å². The predicted octanol–water partition coefficient (Wildman–Crippen LogP) is 2.10. The van der Waals surface area contributed by atoms with Gasteiger partial charge >= 0.3 is 18.0 Å². The van der Waals surface area contributed by atoms with Gasteiger partial charge in [0.05, 0.1) is 6.10 Å². The molecule has 1 aromatic rings. The molecule has 1 aromatic carbocycles. The first kappa shape index (κ1) is 18.5. The van der Waals surface area contributed by atoms with Crippen molar-refractivity contribution in [1.29, 1.82) is 0 Å². The number of ether oxygens (including phenoxy) is 2. The number of nitrogens with one attached hydrogen (secondary N) is 1. The lowest BCUT2D eigenvalue weighted by atomic mass is 10.1. The zero-order chi connectivity index (χ0) is 17.2. The average molecular weight is 323 g/mol. The van der Waals surface area contributed by atoms with E-state index in [1.54, 1.807) is 26.0 Å².